The van der Waals surface area contributed by atoms with Gasteiger partial charge in [0.2, 0.25) is 11.7 Å². The molecule has 4 aliphatic rings. The number of allylic oxidation sites excluding steroid dienone is 1. The van der Waals surface area contributed by atoms with E-state index in [1.807, 2.05) is 12.1 Å². The van der Waals surface area contributed by atoms with Gasteiger partial charge in [-0.05, 0) is 55.9 Å². The lowest BCUT2D eigenvalue weighted by molar-refractivity contribution is 0.0102. The fourth-order valence-corrected chi connectivity index (χ4v) is 6.62. The monoisotopic (exact) mass is 533 g/mol. The van der Waals surface area contributed by atoms with Gasteiger partial charge in [-0.2, -0.15) is 4.98 Å². The van der Waals surface area contributed by atoms with Crippen LogP contribution in [0.15, 0.2) is 50.4 Å². The Morgan fingerprint density at radius 1 is 1.21 bits per heavy atom. The first-order chi connectivity index (χ1) is 18.5. The van der Waals surface area contributed by atoms with Crippen LogP contribution in [0, 0.1) is 12.8 Å². The van der Waals surface area contributed by atoms with E-state index in [1.165, 1.54) is 31.3 Å². The zero-order valence-electron chi connectivity index (χ0n) is 22.5. The lowest BCUT2D eigenvalue weighted by Crippen LogP contribution is -2.37. The van der Waals surface area contributed by atoms with Crippen LogP contribution in [0.1, 0.15) is 70.2 Å². The van der Waals surface area contributed by atoms with E-state index in [0.29, 0.717) is 22.7 Å². The summed E-state index contributed by atoms with van der Waals surface area (Å²) in [4.78, 5) is 17.2. The Bertz CT molecular complexity index is 1330. The van der Waals surface area contributed by atoms with Crippen LogP contribution in [0.2, 0.25) is 5.02 Å². The summed E-state index contributed by atoms with van der Waals surface area (Å²) >= 11 is 6.81. The fourth-order valence-electron chi connectivity index (χ4n) is 6.32. The van der Waals surface area contributed by atoms with Crippen molar-refractivity contribution >= 4 is 28.8 Å². The number of benzene rings is 1. The van der Waals surface area contributed by atoms with E-state index in [-0.39, 0.29) is 11.6 Å². The smallest absolute Gasteiger partial charge is 0.223 e. The van der Waals surface area contributed by atoms with E-state index in [1.54, 1.807) is 6.92 Å². The standard InChI is InChI=1S/C30H36ClN5O2/c1-4-20-8-9-22-14-23(25-11-10-21(15-26(25)31)28-32-19(3)38-35-28)17-36(5-2)29(22)34-27(20)33-24-16-30(37-18-24)12-6-7-13-30/h9-11,14-15,20,24H,4-8,12-13,16-18H2,1-3H3. The molecule has 1 saturated heterocycles. The average Bonchev–Trinajstić information content (AvgIpc) is 3.64. The van der Waals surface area contributed by atoms with E-state index >= 15 is 0 Å². The van der Waals surface area contributed by atoms with Gasteiger partial charge in [0.25, 0.3) is 0 Å². The minimum absolute atomic E-state index is 0.0764. The van der Waals surface area contributed by atoms with Crippen molar-refractivity contribution in [3.8, 4) is 11.4 Å². The van der Waals surface area contributed by atoms with E-state index in [2.05, 4.69) is 47.1 Å². The molecule has 200 valence electrons. The van der Waals surface area contributed by atoms with Gasteiger partial charge in [-0.15, -0.1) is 0 Å². The Morgan fingerprint density at radius 2 is 2.05 bits per heavy atom. The maximum absolute atomic E-state index is 6.81. The molecular weight excluding hydrogens is 498 g/mol. The normalized spacial score (nSPS) is 25.8. The number of hydrogen-bond acceptors (Lipinski definition) is 6. The summed E-state index contributed by atoms with van der Waals surface area (Å²) in [5.41, 5.74) is 4.27. The highest BCUT2D eigenvalue weighted by molar-refractivity contribution is 6.32. The molecule has 0 amide bonds. The van der Waals surface area contributed by atoms with Gasteiger partial charge in [-0.1, -0.05) is 54.7 Å². The Hall–Kier alpha value is -2.77. The highest BCUT2D eigenvalue weighted by atomic mass is 35.5. The van der Waals surface area contributed by atoms with E-state index < -0.39 is 0 Å². The Balaban J connectivity index is 1.31. The Labute approximate surface area is 229 Å². The first kappa shape index (κ1) is 25.5. The highest BCUT2D eigenvalue weighted by Gasteiger charge is 2.42. The van der Waals surface area contributed by atoms with E-state index in [9.17, 15) is 0 Å². The predicted octanol–water partition coefficient (Wildman–Crippen LogP) is 6.67. The second kappa shape index (κ2) is 10.4. The number of aryl methyl sites for hydroxylation is 1. The summed E-state index contributed by atoms with van der Waals surface area (Å²) in [6, 6.07) is 6.20. The fraction of sp³-hybridized carbons (Fsp3) is 0.533. The van der Waals surface area contributed by atoms with Crippen molar-refractivity contribution in [3.63, 3.8) is 0 Å². The van der Waals surface area contributed by atoms with Crippen LogP contribution in [-0.2, 0) is 4.74 Å². The molecule has 1 aliphatic carbocycles. The number of nitrogens with zero attached hydrogens (tertiary/aromatic N) is 5. The predicted molar refractivity (Wildman–Crippen MR) is 152 cm³/mol. The molecule has 1 spiro atoms. The number of rotatable bonds is 5. The number of aliphatic imine (C=N–C) groups is 2. The third-order valence-electron chi connectivity index (χ3n) is 8.45. The number of likely N-dealkylation sites (N-methyl/N-ethyl adjacent to an activating group) is 1. The van der Waals surface area contributed by atoms with Crippen LogP contribution >= 0.6 is 11.6 Å². The van der Waals surface area contributed by atoms with Crippen LogP contribution < -0.4 is 0 Å². The lowest BCUT2D eigenvalue weighted by atomic mass is 9.95. The molecule has 2 aromatic rings. The van der Waals surface area contributed by atoms with Gasteiger partial charge >= 0.3 is 0 Å². The number of fused-ring (bicyclic) bond motifs is 1. The Morgan fingerprint density at radius 3 is 2.76 bits per heavy atom. The molecule has 0 N–H and O–H groups in total. The van der Waals surface area contributed by atoms with Gasteiger partial charge < -0.3 is 14.2 Å². The molecule has 1 aromatic carbocycles. The third-order valence-corrected chi connectivity index (χ3v) is 8.76. The van der Waals surface area contributed by atoms with Gasteiger partial charge in [0.1, 0.15) is 11.7 Å². The summed E-state index contributed by atoms with van der Waals surface area (Å²) < 4.78 is 11.4. The summed E-state index contributed by atoms with van der Waals surface area (Å²) in [5, 5.41) is 4.71. The molecule has 7 nitrogen and oxygen atoms in total. The van der Waals surface area contributed by atoms with Crippen molar-refractivity contribution in [2.45, 2.75) is 77.4 Å². The zero-order chi connectivity index (χ0) is 26.3. The summed E-state index contributed by atoms with van der Waals surface area (Å²) in [6.07, 6.45) is 12.5. The number of ether oxygens (including phenoxy) is 1. The minimum Gasteiger partial charge on any atom is -0.373 e. The van der Waals surface area contributed by atoms with E-state index in [4.69, 9.17) is 30.8 Å². The summed E-state index contributed by atoms with van der Waals surface area (Å²) in [7, 11) is 0. The highest BCUT2D eigenvalue weighted by Crippen LogP contribution is 2.42. The third kappa shape index (κ3) is 4.87. The SMILES string of the molecule is CCC1CC=C2C=C(c3ccc(-c4noc(C)n4)cc3Cl)CN(CC)C2=NC1=NC1COC2(CCCC2)C1. The zero-order valence-corrected chi connectivity index (χ0v) is 23.3. The first-order valence-corrected chi connectivity index (χ1v) is 14.4. The molecular formula is C30H36ClN5O2. The van der Waals surface area contributed by atoms with Crippen molar-refractivity contribution in [2.24, 2.45) is 15.9 Å². The average molecular weight is 534 g/mol. The van der Waals surface area contributed by atoms with Crippen molar-refractivity contribution < 1.29 is 9.26 Å². The van der Waals surface area contributed by atoms with Crippen LogP contribution in [0.3, 0.4) is 0 Å². The molecule has 0 bridgehead atoms. The lowest BCUT2D eigenvalue weighted by Gasteiger charge is -2.31. The second-order valence-corrected chi connectivity index (χ2v) is 11.4. The van der Waals surface area contributed by atoms with Crippen molar-refractivity contribution in [2.75, 3.05) is 19.7 Å². The molecule has 3 aliphatic heterocycles. The van der Waals surface area contributed by atoms with Gasteiger partial charge in [0.15, 0.2) is 0 Å². The van der Waals surface area contributed by atoms with Crippen molar-refractivity contribution in [1.82, 2.24) is 15.0 Å². The minimum atomic E-state index is 0.0764. The molecule has 2 unspecified atom stereocenters. The van der Waals surface area contributed by atoms with Crippen molar-refractivity contribution in [3.05, 3.63) is 52.4 Å². The molecule has 38 heavy (non-hydrogen) atoms. The number of amidine groups is 2. The molecule has 0 radical (unpaired) electrons. The van der Waals surface area contributed by atoms with Crippen molar-refractivity contribution in [1.29, 1.82) is 0 Å². The Kier molecular flexibility index (Phi) is 6.99. The molecule has 1 saturated carbocycles. The topological polar surface area (TPSA) is 76.1 Å². The molecule has 2 fully saturated rings. The largest absolute Gasteiger partial charge is 0.373 e. The quantitative estimate of drug-likeness (QED) is 0.429. The summed E-state index contributed by atoms with van der Waals surface area (Å²) in [6.45, 7) is 8.52. The number of hydrogen-bond donors (Lipinski definition) is 0. The molecule has 6 rings (SSSR count). The van der Waals surface area contributed by atoms with Gasteiger partial charge in [-0.25, -0.2) is 4.99 Å². The number of halogens is 1. The van der Waals surface area contributed by atoms with Crippen LogP contribution in [0.4, 0.5) is 0 Å². The van der Waals surface area contributed by atoms with Crippen LogP contribution in [0.5, 0.6) is 0 Å². The summed E-state index contributed by atoms with van der Waals surface area (Å²) in [5.74, 6) is 3.42. The van der Waals surface area contributed by atoms with Gasteiger partial charge in [0, 0.05) is 48.5 Å². The van der Waals surface area contributed by atoms with E-state index in [0.717, 1.165) is 67.3 Å². The maximum Gasteiger partial charge on any atom is 0.223 e. The molecule has 1 aromatic heterocycles. The molecule has 2 atom stereocenters. The number of aromatic nitrogens is 2. The second-order valence-electron chi connectivity index (χ2n) is 11.0. The van der Waals surface area contributed by atoms with Crippen LogP contribution in [-0.4, -0.2) is 58.1 Å². The van der Waals surface area contributed by atoms with Gasteiger partial charge in [-0.3, -0.25) is 4.99 Å². The van der Waals surface area contributed by atoms with Crippen LogP contribution in [0.25, 0.3) is 17.0 Å². The first-order valence-electron chi connectivity index (χ1n) is 14.0. The molecule has 8 heteroatoms. The maximum atomic E-state index is 6.81. The molecule has 4 heterocycles. The van der Waals surface area contributed by atoms with Gasteiger partial charge in [0.05, 0.1) is 18.2 Å².